The number of sulfonamides is 1. The fourth-order valence-corrected chi connectivity index (χ4v) is 3.05. The van der Waals surface area contributed by atoms with Crippen LogP contribution in [0, 0.1) is 0 Å². The van der Waals surface area contributed by atoms with Crippen molar-refractivity contribution in [2.24, 2.45) is 0 Å². The van der Waals surface area contributed by atoms with Crippen LogP contribution in [-0.2, 0) is 10.0 Å². The summed E-state index contributed by atoms with van der Waals surface area (Å²) in [6, 6.07) is 4.73. The molecular weight excluding hydrogens is 322 g/mol. The highest BCUT2D eigenvalue weighted by Crippen LogP contribution is 2.28. The molecule has 0 fully saturated rings. The first-order valence-electron chi connectivity index (χ1n) is 4.88. The summed E-state index contributed by atoms with van der Waals surface area (Å²) in [5.74, 6) is 0.411. The first-order chi connectivity index (χ1) is 8.53. The highest BCUT2D eigenvalue weighted by molar-refractivity contribution is 9.10. The van der Waals surface area contributed by atoms with Gasteiger partial charge in [-0.05, 0) is 18.2 Å². The first-order valence-corrected chi connectivity index (χ1v) is 7.16. The van der Waals surface area contributed by atoms with Gasteiger partial charge in [0.1, 0.15) is 10.6 Å². The lowest BCUT2D eigenvalue weighted by atomic mass is 10.3. The van der Waals surface area contributed by atoms with E-state index in [4.69, 9.17) is 4.74 Å². The van der Waals surface area contributed by atoms with Crippen molar-refractivity contribution in [1.29, 1.82) is 0 Å². The van der Waals surface area contributed by atoms with Crippen molar-refractivity contribution in [2.45, 2.75) is 4.90 Å². The van der Waals surface area contributed by atoms with Crippen molar-refractivity contribution in [2.75, 3.05) is 11.8 Å². The molecule has 0 saturated carbocycles. The normalized spacial score (nSPS) is 11.2. The van der Waals surface area contributed by atoms with Crippen molar-refractivity contribution in [1.82, 2.24) is 9.97 Å². The molecule has 0 spiro atoms. The summed E-state index contributed by atoms with van der Waals surface area (Å²) in [7, 11) is -2.34. The highest BCUT2D eigenvalue weighted by atomic mass is 79.9. The van der Waals surface area contributed by atoms with Gasteiger partial charge in [-0.15, -0.1) is 0 Å². The molecule has 2 rings (SSSR count). The molecule has 1 heterocycles. The van der Waals surface area contributed by atoms with Gasteiger partial charge < -0.3 is 9.72 Å². The van der Waals surface area contributed by atoms with Gasteiger partial charge in [-0.3, -0.25) is 0 Å². The van der Waals surface area contributed by atoms with E-state index in [9.17, 15) is 8.42 Å². The van der Waals surface area contributed by atoms with E-state index in [1.165, 1.54) is 25.6 Å². The first kappa shape index (κ1) is 12.9. The Kier molecular flexibility index (Phi) is 3.58. The maximum absolute atomic E-state index is 12.2. The van der Waals surface area contributed by atoms with Gasteiger partial charge in [0, 0.05) is 16.9 Å². The van der Waals surface area contributed by atoms with E-state index in [0.29, 0.717) is 4.47 Å². The number of H-pyrrole nitrogens is 1. The molecule has 0 radical (unpaired) electrons. The Morgan fingerprint density at radius 3 is 2.83 bits per heavy atom. The van der Waals surface area contributed by atoms with Gasteiger partial charge in [0.05, 0.1) is 7.11 Å². The Morgan fingerprint density at radius 2 is 2.22 bits per heavy atom. The lowest BCUT2D eigenvalue weighted by molar-refractivity contribution is 0.403. The lowest BCUT2D eigenvalue weighted by Crippen LogP contribution is -2.15. The van der Waals surface area contributed by atoms with Gasteiger partial charge in [-0.2, -0.15) is 0 Å². The van der Waals surface area contributed by atoms with Crippen molar-refractivity contribution >= 4 is 31.9 Å². The van der Waals surface area contributed by atoms with E-state index in [-0.39, 0.29) is 16.6 Å². The monoisotopic (exact) mass is 331 g/mol. The summed E-state index contributed by atoms with van der Waals surface area (Å²) in [6.07, 6.45) is 2.98. The molecule has 2 aromatic rings. The van der Waals surface area contributed by atoms with E-state index in [1.54, 1.807) is 12.1 Å². The van der Waals surface area contributed by atoms with Crippen molar-refractivity contribution in [3.05, 3.63) is 35.1 Å². The predicted molar refractivity (Wildman–Crippen MR) is 70.1 cm³/mol. The van der Waals surface area contributed by atoms with Crippen LogP contribution in [0.3, 0.4) is 0 Å². The second-order valence-corrected chi connectivity index (χ2v) is 5.90. The third-order valence-electron chi connectivity index (χ3n) is 2.14. The van der Waals surface area contributed by atoms with Crippen molar-refractivity contribution < 1.29 is 13.2 Å². The molecule has 0 amide bonds. The number of methoxy groups -OCH3 is 1. The molecule has 8 heteroatoms. The Bertz CT molecular complexity index is 640. The van der Waals surface area contributed by atoms with Crippen LogP contribution in [-0.4, -0.2) is 25.5 Å². The number of anilines is 1. The largest absolute Gasteiger partial charge is 0.495 e. The molecule has 96 valence electrons. The molecule has 6 nitrogen and oxygen atoms in total. The number of hydrogen-bond acceptors (Lipinski definition) is 4. The molecule has 0 aliphatic rings. The van der Waals surface area contributed by atoms with Gasteiger partial charge in [-0.25, -0.2) is 18.1 Å². The Hall–Kier alpha value is -1.54. The maximum Gasteiger partial charge on any atom is 0.267 e. The minimum absolute atomic E-state index is 0.0378. The number of benzene rings is 1. The SMILES string of the molecule is COc1ccc(Br)cc1S(=O)(=O)Nc1ncc[nH]1. The van der Waals surface area contributed by atoms with E-state index in [0.717, 1.165) is 0 Å². The van der Waals surface area contributed by atoms with Crippen LogP contribution < -0.4 is 9.46 Å². The van der Waals surface area contributed by atoms with Gasteiger partial charge in [0.2, 0.25) is 5.95 Å². The molecule has 0 saturated heterocycles. The number of halogens is 1. The van der Waals surface area contributed by atoms with Crippen molar-refractivity contribution in [3.63, 3.8) is 0 Å². The third kappa shape index (κ3) is 2.65. The standard InChI is InChI=1S/C10H10BrN3O3S/c1-17-8-3-2-7(11)6-9(8)18(15,16)14-10-12-4-5-13-10/h2-6H,1H3,(H2,12,13,14). The maximum atomic E-state index is 12.2. The number of nitrogens with zero attached hydrogens (tertiary/aromatic N) is 1. The molecule has 1 aromatic heterocycles. The van der Waals surface area contributed by atoms with Crippen LogP contribution in [0.4, 0.5) is 5.95 Å². The molecule has 0 aliphatic carbocycles. The summed E-state index contributed by atoms with van der Waals surface area (Å²) in [4.78, 5) is 6.51. The Labute approximate surface area is 113 Å². The van der Waals surface area contributed by atoms with Crippen LogP contribution in [0.1, 0.15) is 0 Å². The van der Waals surface area contributed by atoms with Crippen LogP contribution in [0.25, 0.3) is 0 Å². The number of ether oxygens (including phenoxy) is 1. The summed E-state index contributed by atoms with van der Waals surface area (Å²) in [5, 5.41) is 0. The summed E-state index contributed by atoms with van der Waals surface area (Å²) >= 11 is 3.22. The highest BCUT2D eigenvalue weighted by Gasteiger charge is 2.20. The average molecular weight is 332 g/mol. The van der Waals surface area contributed by atoms with E-state index in [2.05, 4.69) is 30.6 Å². The van der Waals surface area contributed by atoms with Gasteiger partial charge in [0.25, 0.3) is 10.0 Å². The minimum atomic E-state index is -3.75. The number of aromatic nitrogens is 2. The average Bonchev–Trinajstić information content (AvgIpc) is 2.81. The molecule has 0 atom stereocenters. The Balaban J connectivity index is 2.43. The van der Waals surface area contributed by atoms with E-state index >= 15 is 0 Å². The van der Waals surface area contributed by atoms with Gasteiger partial charge in [0.15, 0.2) is 0 Å². The molecule has 1 aromatic carbocycles. The second kappa shape index (κ2) is 4.99. The van der Waals surface area contributed by atoms with E-state index in [1.807, 2.05) is 0 Å². The zero-order valence-electron chi connectivity index (χ0n) is 9.34. The fourth-order valence-electron chi connectivity index (χ4n) is 1.36. The summed E-state index contributed by atoms with van der Waals surface area (Å²) < 4.78 is 32.3. The molecule has 0 bridgehead atoms. The second-order valence-electron chi connectivity index (χ2n) is 3.34. The number of hydrogen-bond donors (Lipinski definition) is 2. The smallest absolute Gasteiger partial charge is 0.267 e. The molecule has 2 N–H and O–H groups in total. The predicted octanol–water partition coefficient (Wildman–Crippen LogP) is 1.98. The van der Waals surface area contributed by atoms with E-state index < -0.39 is 10.0 Å². The number of imidazole rings is 1. The lowest BCUT2D eigenvalue weighted by Gasteiger charge is -2.10. The van der Waals surface area contributed by atoms with Crippen LogP contribution in [0.15, 0.2) is 40.0 Å². The third-order valence-corrected chi connectivity index (χ3v) is 4.00. The summed E-state index contributed by atoms with van der Waals surface area (Å²) in [5.41, 5.74) is 0. The summed E-state index contributed by atoms with van der Waals surface area (Å²) in [6.45, 7) is 0. The zero-order valence-corrected chi connectivity index (χ0v) is 11.7. The number of nitrogens with one attached hydrogen (secondary N) is 2. The van der Waals surface area contributed by atoms with Crippen molar-refractivity contribution in [3.8, 4) is 5.75 Å². The fraction of sp³-hybridized carbons (Fsp3) is 0.100. The van der Waals surface area contributed by atoms with Crippen LogP contribution in [0.2, 0.25) is 0 Å². The van der Waals surface area contributed by atoms with Gasteiger partial charge >= 0.3 is 0 Å². The topological polar surface area (TPSA) is 84.1 Å². The quantitative estimate of drug-likeness (QED) is 0.897. The minimum Gasteiger partial charge on any atom is -0.495 e. The zero-order chi connectivity index (χ0) is 13.2. The number of rotatable bonds is 4. The van der Waals surface area contributed by atoms with Crippen LogP contribution in [0.5, 0.6) is 5.75 Å². The molecule has 0 aliphatic heterocycles. The van der Waals surface area contributed by atoms with Gasteiger partial charge in [-0.1, -0.05) is 15.9 Å². The van der Waals surface area contributed by atoms with Crippen LogP contribution >= 0.6 is 15.9 Å². The Morgan fingerprint density at radius 1 is 1.44 bits per heavy atom. The number of aromatic amines is 1. The molecule has 0 unspecified atom stereocenters. The molecular formula is C10H10BrN3O3S. The molecule has 18 heavy (non-hydrogen) atoms.